The van der Waals surface area contributed by atoms with Crippen LogP contribution in [-0.4, -0.2) is 25.4 Å². The van der Waals surface area contributed by atoms with Crippen molar-refractivity contribution in [2.75, 3.05) is 19.4 Å². The minimum absolute atomic E-state index is 0.173. The lowest BCUT2D eigenvalue weighted by Crippen LogP contribution is -2.11. The summed E-state index contributed by atoms with van der Waals surface area (Å²) in [5.41, 5.74) is 0.906. The Hall–Kier alpha value is -1.12. The Morgan fingerprint density at radius 2 is 1.94 bits per heavy atom. The fourth-order valence-electron chi connectivity index (χ4n) is 1.34. The summed E-state index contributed by atoms with van der Waals surface area (Å²) in [6, 6.07) is 9.35. The lowest BCUT2D eigenvalue weighted by molar-refractivity contribution is -0.141. The molecule has 0 aliphatic carbocycles. The highest BCUT2D eigenvalue weighted by Crippen LogP contribution is 2.41. The molecule has 0 saturated carbocycles. The molecule has 0 saturated heterocycles. The number of hydrogen-bond donors (Lipinski definition) is 0. The van der Waals surface area contributed by atoms with Gasteiger partial charge in [-0.05, 0) is 12.5 Å². The van der Waals surface area contributed by atoms with Crippen LogP contribution in [0.25, 0.3) is 0 Å². The van der Waals surface area contributed by atoms with Crippen molar-refractivity contribution in [1.29, 1.82) is 0 Å². The number of esters is 1. The van der Waals surface area contributed by atoms with Crippen LogP contribution in [0.1, 0.15) is 12.5 Å². The number of carbonyl (C=O) groups excluding carboxylic acids is 1. The average Bonchev–Trinajstić information content (AvgIpc) is 2.27. The summed E-state index contributed by atoms with van der Waals surface area (Å²) in [5, 5.41) is 0. The first-order valence-electron chi connectivity index (χ1n) is 5.44. The van der Waals surface area contributed by atoms with E-state index in [0.29, 0.717) is 6.61 Å². The zero-order valence-electron chi connectivity index (χ0n) is 10.1. The molecule has 94 valence electrons. The van der Waals surface area contributed by atoms with Gasteiger partial charge in [-0.3, -0.25) is 9.36 Å². The van der Waals surface area contributed by atoms with Gasteiger partial charge in [-0.2, -0.15) is 0 Å². The van der Waals surface area contributed by atoms with Crippen LogP contribution in [0.5, 0.6) is 0 Å². The molecule has 0 bridgehead atoms. The van der Waals surface area contributed by atoms with E-state index in [1.54, 1.807) is 6.92 Å². The molecule has 0 fully saturated rings. The monoisotopic (exact) mass is 256 g/mol. The Labute approximate surface area is 101 Å². The van der Waals surface area contributed by atoms with Crippen molar-refractivity contribution < 1.29 is 18.6 Å². The smallest absolute Gasteiger partial charge is 0.315 e. The van der Waals surface area contributed by atoms with E-state index in [2.05, 4.69) is 0 Å². The normalized spacial score (nSPS) is 14.0. The lowest BCUT2D eigenvalue weighted by Gasteiger charge is -2.11. The molecule has 5 heteroatoms. The van der Waals surface area contributed by atoms with Crippen LogP contribution in [0.3, 0.4) is 0 Å². The molecule has 1 atom stereocenters. The third kappa shape index (κ3) is 5.66. The summed E-state index contributed by atoms with van der Waals surface area (Å²) < 4.78 is 21.7. The van der Waals surface area contributed by atoms with E-state index in [1.165, 1.54) is 6.66 Å². The first kappa shape index (κ1) is 13.9. The van der Waals surface area contributed by atoms with E-state index in [-0.39, 0.29) is 12.8 Å². The number of benzene rings is 1. The molecule has 0 amide bonds. The summed E-state index contributed by atoms with van der Waals surface area (Å²) in [7, 11) is -2.84. The first-order valence-corrected chi connectivity index (χ1v) is 7.70. The molecule has 0 radical (unpaired) electrons. The number of rotatable bonds is 6. The fourth-order valence-corrected chi connectivity index (χ4v) is 2.53. The highest BCUT2D eigenvalue weighted by atomic mass is 31.2. The maximum Gasteiger partial charge on any atom is 0.315 e. The Kier molecular flexibility index (Phi) is 5.39. The van der Waals surface area contributed by atoms with Gasteiger partial charge < -0.3 is 9.26 Å². The van der Waals surface area contributed by atoms with Crippen molar-refractivity contribution in [3.63, 3.8) is 0 Å². The van der Waals surface area contributed by atoms with Gasteiger partial charge >= 0.3 is 5.97 Å². The largest absolute Gasteiger partial charge is 0.460 e. The molecule has 1 rings (SSSR count). The van der Waals surface area contributed by atoms with Crippen molar-refractivity contribution in [1.82, 2.24) is 0 Å². The summed E-state index contributed by atoms with van der Waals surface area (Å²) in [5.74, 6) is -0.492. The van der Waals surface area contributed by atoms with Crippen LogP contribution >= 0.6 is 7.37 Å². The van der Waals surface area contributed by atoms with Gasteiger partial charge in [-0.1, -0.05) is 30.3 Å². The molecule has 1 aromatic rings. The fraction of sp³-hybridized carbons (Fsp3) is 0.417. The summed E-state index contributed by atoms with van der Waals surface area (Å²) >= 11 is 0. The second kappa shape index (κ2) is 6.58. The van der Waals surface area contributed by atoms with E-state index in [9.17, 15) is 9.36 Å². The predicted octanol–water partition coefficient (Wildman–Crippen LogP) is 2.67. The van der Waals surface area contributed by atoms with Gasteiger partial charge in [-0.15, -0.1) is 0 Å². The van der Waals surface area contributed by atoms with E-state index in [4.69, 9.17) is 9.26 Å². The Bertz CT molecular complexity index is 402. The molecular formula is C12H17O4P. The van der Waals surface area contributed by atoms with Gasteiger partial charge in [0.15, 0.2) is 0 Å². The Balaban J connectivity index is 2.38. The van der Waals surface area contributed by atoms with Crippen molar-refractivity contribution in [3.8, 4) is 0 Å². The number of carbonyl (C=O) groups is 1. The van der Waals surface area contributed by atoms with Crippen molar-refractivity contribution >= 4 is 13.3 Å². The molecule has 0 aliphatic heterocycles. The third-order valence-corrected chi connectivity index (χ3v) is 3.70. The molecule has 1 unspecified atom stereocenters. The summed E-state index contributed by atoms with van der Waals surface area (Å²) in [4.78, 5) is 11.4. The second-order valence-electron chi connectivity index (χ2n) is 3.74. The van der Waals surface area contributed by atoms with E-state index < -0.39 is 13.3 Å². The van der Waals surface area contributed by atoms with Gasteiger partial charge in [-0.25, -0.2) is 0 Å². The van der Waals surface area contributed by atoms with Crippen LogP contribution in [0.15, 0.2) is 30.3 Å². The molecule has 0 N–H and O–H groups in total. The highest BCUT2D eigenvalue weighted by Gasteiger charge is 2.21. The molecule has 4 nitrogen and oxygen atoms in total. The van der Waals surface area contributed by atoms with Gasteiger partial charge in [0.2, 0.25) is 7.37 Å². The minimum Gasteiger partial charge on any atom is -0.460 e. The Morgan fingerprint density at radius 1 is 1.29 bits per heavy atom. The topological polar surface area (TPSA) is 52.6 Å². The van der Waals surface area contributed by atoms with Crippen molar-refractivity contribution in [3.05, 3.63) is 35.9 Å². The van der Waals surface area contributed by atoms with Crippen molar-refractivity contribution in [2.45, 2.75) is 13.5 Å². The molecule has 0 aromatic heterocycles. The molecule has 17 heavy (non-hydrogen) atoms. The molecular weight excluding hydrogens is 239 g/mol. The average molecular weight is 256 g/mol. The van der Waals surface area contributed by atoms with Gasteiger partial charge in [0.05, 0.1) is 6.61 Å². The molecule has 1 aromatic carbocycles. The maximum absolute atomic E-state index is 11.7. The molecule has 0 aliphatic rings. The van der Waals surface area contributed by atoms with E-state index >= 15 is 0 Å². The van der Waals surface area contributed by atoms with Gasteiger partial charge in [0.1, 0.15) is 12.8 Å². The van der Waals surface area contributed by atoms with Gasteiger partial charge in [0.25, 0.3) is 0 Å². The third-order valence-electron chi connectivity index (χ3n) is 2.06. The predicted molar refractivity (Wildman–Crippen MR) is 66.3 cm³/mol. The van der Waals surface area contributed by atoms with Crippen LogP contribution < -0.4 is 0 Å². The molecule has 0 heterocycles. The quantitative estimate of drug-likeness (QED) is 0.580. The summed E-state index contributed by atoms with van der Waals surface area (Å²) in [6.07, 6.45) is -0.173. The van der Waals surface area contributed by atoms with Crippen molar-refractivity contribution in [2.24, 2.45) is 0 Å². The Morgan fingerprint density at radius 3 is 2.53 bits per heavy atom. The van der Waals surface area contributed by atoms with Gasteiger partial charge in [0, 0.05) is 6.66 Å². The SMILES string of the molecule is CCOP(C)(=O)CC(=O)OCc1ccccc1. The lowest BCUT2D eigenvalue weighted by atomic mass is 10.2. The number of ether oxygens (including phenoxy) is 1. The van der Waals surface area contributed by atoms with Crippen LogP contribution in [0, 0.1) is 0 Å². The zero-order chi connectivity index (χ0) is 12.7. The van der Waals surface area contributed by atoms with E-state index in [1.807, 2.05) is 30.3 Å². The number of hydrogen-bond acceptors (Lipinski definition) is 4. The van der Waals surface area contributed by atoms with Crippen LogP contribution in [-0.2, 0) is 25.2 Å². The second-order valence-corrected chi connectivity index (χ2v) is 6.34. The van der Waals surface area contributed by atoms with Crippen LogP contribution in [0.2, 0.25) is 0 Å². The first-order chi connectivity index (χ1) is 8.03. The zero-order valence-corrected chi connectivity index (χ0v) is 11.0. The van der Waals surface area contributed by atoms with E-state index in [0.717, 1.165) is 5.56 Å². The summed E-state index contributed by atoms with van der Waals surface area (Å²) in [6.45, 7) is 3.72. The standard InChI is InChI=1S/C12H17O4P/c1-3-16-17(2,14)10-12(13)15-9-11-7-5-4-6-8-11/h4-8H,3,9-10H2,1-2H3. The minimum atomic E-state index is -2.84. The van der Waals surface area contributed by atoms with Crippen LogP contribution in [0.4, 0.5) is 0 Å². The molecule has 0 spiro atoms. The highest BCUT2D eigenvalue weighted by molar-refractivity contribution is 7.59. The maximum atomic E-state index is 11.7.